The first-order valence-corrected chi connectivity index (χ1v) is 4.62. The van der Waals surface area contributed by atoms with Crippen LogP contribution in [0.15, 0.2) is 17.1 Å². The SMILES string of the molecule is CCCCn1ccc(O)c(Cl)c1=O. The second kappa shape index (κ2) is 4.33. The molecule has 0 atom stereocenters. The summed E-state index contributed by atoms with van der Waals surface area (Å²) in [7, 11) is 0. The van der Waals surface area contributed by atoms with E-state index in [2.05, 4.69) is 0 Å². The molecule has 1 N–H and O–H groups in total. The molecule has 72 valence electrons. The third-order valence-electron chi connectivity index (χ3n) is 1.84. The highest BCUT2D eigenvalue weighted by atomic mass is 35.5. The van der Waals surface area contributed by atoms with Crippen molar-refractivity contribution in [2.24, 2.45) is 0 Å². The molecular formula is C9H12ClNO2. The average Bonchev–Trinajstić information content (AvgIpc) is 2.13. The molecule has 0 aliphatic heterocycles. The molecule has 0 aromatic carbocycles. The molecule has 0 fully saturated rings. The number of aromatic hydroxyl groups is 1. The number of unbranched alkanes of at least 4 members (excludes halogenated alkanes) is 1. The van der Waals surface area contributed by atoms with Gasteiger partial charge in [0.05, 0.1) is 0 Å². The van der Waals surface area contributed by atoms with Gasteiger partial charge in [0.1, 0.15) is 10.8 Å². The van der Waals surface area contributed by atoms with Crippen LogP contribution in [0.1, 0.15) is 19.8 Å². The normalized spacial score (nSPS) is 10.3. The van der Waals surface area contributed by atoms with Crippen LogP contribution in [-0.4, -0.2) is 9.67 Å². The summed E-state index contributed by atoms with van der Waals surface area (Å²) in [6.07, 6.45) is 3.51. The minimum atomic E-state index is -0.324. The highest BCUT2D eigenvalue weighted by Gasteiger charge is 2.05. The van der Waals surface area contributed by atoms with Crippen LogP contribution in [0.25, 0.3) is 0 Å². The van der Waals surface area contributed by atoms with Gasteiger partial charge in [-0.25, -0.2) is 0 Å². The quantitative estimate of drug-likeness (QED) is 0.813. The molecule has 3 nitrogen and oxygen atoms in total. The molecule has 0 bridgehead atoms. The van der Waals surface area contributed by atoms with E-state index in [1.54, 1.807) is 6.20 Å². The maximum Gasteiger partial charge on any atom is 0.273 e. The van der Waals surface area contributed by atoms with Gasteiger partial charge in [-0.15, -0.1) is 0 Å². The summed E-state index contributed by atoms with van der Waals surface area (Å²) in [5, 5.41) is 9.01. The van der Waals surface area contributed by atoms with E-state index in [0.717, 1.165) is 12.8 Å². The van der Waals surface area contributed by atoms with Crippen LogP contribution in [-0.2, 0) is 6.54 Å². The Morgan fingerprint density at radius 2 is 2.31 bits per heavy atom. The van der Waals surface area contributed by atoms with Crippen molar-refractivity contribution in [3.8, 4) is 5.75 Å². The molecule has 1 aromatic heterocycles. The molecule has 4 heteroatoms. The molecule has 0 amide bonds. The minimum absolute atomic E-state index is 0.0985. The number of pyridine rings is 1. The second-order valence-corrected chi connectivity index (χ2v) is 3.25. The van der Waals surface area contributed by atoms with Crippen molar-refractivity contribution >= 4 is 11.6 Å². The van der Waals surface area contributed by atoms with Crippen LogP contribution < -0.4 is 5.56 Å². The van der Waals surface area contributed by atoms with E-state index >= 15 is 0 Å². The van der Waals surface area contributed by atoms with E-state index in [-0.39, 0.29) is 16.3 Å². The Hall–Kier alpha value is -0.960. The van der Waals surface area contributed by atoms with Crippen molar-refractivity contribution in [2.45, 2.75) is 26.3 Å². The Labute approximate surface area is 81.6 Å². The maximum absolute atomic E-state index is 11.4. The van der Waals surface area contributed by atoms with Gasteiger partial charge in [0, 0.05) is 12.7 Å². The van der Waals surface area contributed by atoms with Crippen molar-refractivity contribution < 1.29 is 5.11 Å². The molecule has 1 aromatic rings. The van der Waals surface area contributed by atoms with Crippen molar-refractivity contribution in [2.75, 3.05) is 0 Å². The first-order chi connectivity index (χ1) is 6.16. The van der Waals surface area contributed by atoms with Gasteiger partial charge in [-0.05, 0) is 12.5 Å². The number of aryl methyl sites for hydroxylation is 1. The first-order valence-electron chi connectivity index (χ1n) is 4.24. The lowest BCUT2D eigenvalue weighted by atomic mass is 10.3. The molecular weight excluding hydrogens is 190 g/mol. The Bertz CT molecular complexity index is 346. The van der Waals surface area contributed by atoms with E-state index in [1.165, 1.54) is 10.6 Å². The van der Waals surface area contributed by atoms with Gasteiger partial charge in [0.2, 0.25) is 0 Å². The van der Waals surface area contributed by atoms with E-state index in [1.807, 2.05) is 6.92 Å². The van der Waals surface area contributed by atoms with Crippen LogP contribution in [0.5, 0.6) is 5.75 Å². The molecule has 0 spiro atoms. The van der Waals surface area contributed by atoms with E-state index < -0.39 is 0 Å². The molecule has 0 radical (unpaired) electrons. The topological polar surface area (TPSA) is 42.2 Å². The van der Waals surface area contributed by atoms with Crippen molar-refractivity contribution in [1.29, 1.82) is 0 Å². The lowest BCUT2D eigenvalue weighted by Gasteiger charge is -2.04. The molecule has 13 heavy (non-hydrogen) atoms. The highest BCUT2D eigenvalue weighted by molar-refractivity contribution is 6.31. The summed E-state index contributed by atoms with van der Waals surface area (Å²) in [5.74, 6) is -0.153. The average molecular weight is 202 g/mol. The molecule has 0 aliphatic rings. The van der Waals surface area contributed by atoms with Crippen molar-refractivity contribution in [3.63, 3.8) is 0 Å². The van der Waals surface area contributed by atoms with Crippen LogP contribution >= 0.6 is 11.6 Å². The second-order valence-electron chi connectivity index (χ2n) is 2.87. The summed E-state index contributed by atoms with van der Waals surface area (Å²) < 4.78 is 1.51. The Kier molecular flexibility index (Phi) is 3.37. The number of hydrogen-bond donors (Lipinski definition) is 1. The third kappa shape index (κ3) is 2.25. The predicted molar refractivity (Wildman–Crippen MR) is 52.3 cm³/mol. The Balaban J connectivity index is 2.97. The van der Waals surface area contributed by atoms with Gasteiger partial charge < -0.3 is 9.67 Å². The van der Waals surface area contributed by atoms with Crippen LogP contribution in [0.2, 0.25) is 5.02 Å². The lowest BCUT2D eigenvalue weighted by Crippen LogP contribution is -2.19. The maximum atomic E-state index is 11.4. The largest absolute Gasteiger partial charge is 0.506 e. The number of nitrogens with zero attached hydrogens (tertiary/aromatic N) is 1. The van der Waals surface area contributed by atoms with E-state index in [9.17, 15) is 4.79 Å². The highest BCUT2D eigenvalue weighted by Crippen LogP contribution is 2.16. The molecule has 0 aliphatic carbocycles. The summed E-state index contributed by atoms with van der Waals surface area (Å²) >= 11 is 5.58. The number of rotatable bonds is 3. The van der Waals surface area contributed by atoms with Gasteiger partial charge in [-0.1, -0.05) is 24.9 Å². The predicted octanol–water partition coefficient (Wildman–Crippen LogP) is 2.01. The Morgan fingerprint density at radius 3 is 2.92 bits per heavy atom. The smallest absolute Gasteiger partial charge is 0.273 e. The van der Waals surface area contributed by atoms with E-state index in [4.69, 9.17) is 16.7 Å². The standard InChI is InChI=1S/C9H12ClNO2/c1-2-3-5-11-6-4-7(12)8(10)9(11)13/h4,6,12H,2-3,5H2,1H3. The third-order valence-corrected chi connectivity index (χ3v) is 2.19. The van der Waals surface area contributed by atoms with Gasteiger partial charge in [0.15, 0.2) is 0 Å². The summed E-state index contributed by atoms with van der Waals surface area (Å²) in [6, 6.07) is 1.43. The molecule has 0 unspecified atom stereocenters. The monoisotopic (exact) mass is 201 g/mol. The molecule has 0 saturated heterocycles. The fourth-order valence-corrected chi connectivity index (χ4v) is 1.21. The van der Waals surface area contributed by atoms with Crippen molar-refractivity contribution in [1.82, 2.24) is 4.57 Å². The van der Waals surface area contributed by atoms with Gasteiger partial charge in [-0.3, -0.25) is 4.79 Å². The summed E-state index contributed by atoms with van der Waals surface area (Å²) in [4.78, 5) is 11.4. The first kappa shape index (κ1) is 10.1. The number of aromatic nitrogens is 1. The Morgan fingerprint density at radius 1 is 1.62 bits per heavy atom. The summed E-state index contributed by atoms with van der Waals surface area (Å²) in [6.45, 7) is 2.70. The van der Waals surface area contributed by atoms with Crippen LogP contribution in [0.3, 0.4) is 0 Å². The zero-order valence-corrected chi connectivity index (χ0v) is 8.21. The van der Waals surface area contributed by atoms with Gasteiger partial charge in [0.25, 0.3) is 5.56 Å². The van der Waals surface area contributed by atoms with Crippen LogP contribution in [0.4, 0.5) is 0 Å². The molecule has 1 rings (SSSR count). The fourth-order valence-electron chi connectivity index (χ4n) is 1.04. The van der Waals surface area contributed by atoms with E-state index in [0.29, 0.717) is 6.54 Å². The molecule has 1 heterocycles. The van der Waals surface area contributed by atoms with Crippen molar-refractivity contribution in [3.05, 3.63) is 27.6 Å². The zero-order chi connectivity index (χ0) is 9.84. The van der Waals surface area contributed by atoms with Crippen LogP contribution in [0, 0.1) is 0 Å². The molecule has 0 saturated carbocycles. The van der Waals surface area contributed by atoms with Gasteiger partial charge >= 0.3 is 0 Å². The zero-order valence-electron chi connectivity index (χ0n) is 7.46. The minimum Gasteiger partial charge on any atom is -0.506 e. The van der Waals surface area contributed by atoms with Gasteiger partial charge in [-0.2, -0.15) is 0 Å². The fraction of sp³-hybridized carbons (Fsp3) is 0.444. The lowest BCUT2D eigenvalue weighted by molar-refractivity contribution is 0.470. The summed E-state index contributed by atoms with van der Waals surface area (Å²) in [5.41, 5.74) is -0.324. The number of halogens is 1. The number of hydrogen-bond acceptors (Lipinski definition) is 2.